The minimum Gasteiger partial charge on any atom is -0.465 e. The van der Waals surface area contributed by atoms with E-state index in [0.717, 1.165) is 4.90 Å². The zero-order chi connectivity index (χ0) is 14.8. The Labute approximate surface area is 121 Å². The summed E-state index contributed by atoms with van der Waals surface area (Å²) in [4.78, 5) is 14.3. The number of benzene rings is 1. The van der Waals surface area contributed by atoms with Crippen molar-refractivity contribution in [1.82, 2.24) is 0 Å². The van der Waals surface area contributed by atoms with E-state index < -0.39 is 11.9 Å². The van der Waals surface area contributed by atoms with Crippen molar-refractivity contribution < 1.29 is 23.8 Å². The van der Waals surface area contributed by atoms with Gasteiger partial charge in [0.25, 0.3) is 0 Å². The van der Waals surface area contributed by atoms with Crippen LogP contribution in [0.3, 0.4) is 0 Å². The molecule has 2 saturated heterocycles. The first kappa shape index (κ1) is 14.1. The van der Waals surface area contributed by atoms with E-state index in [1.54, 1.807) is 12.1 Å². The first-order chi connectivity index (χ1) is 10.1. The maximum atomic E-state index is 14.3. The SMILES string of the molecule is O=C(O)N(CC1CO1)c1ccc(N2CCOCC2)c(F)c1. The molecule has 1 N–H and O–H groups in total. The Morgan fingerprint density at radius 2 is 2.14 bits per heavy atom. The summed E-state index contributed by atoms with van der Waals surface area (Å²) in [6, 6.07) is 4.52. The van der Waals surface area contributed by atoms with Gasteiger partial charge in [0.15, 0.2) is 0 Å². The zero-order valence-electron chi connectivity index (χ0n) is 11.5. The average Bonchev–Trinajstić information content (AvgIpc) is 3.29. The molecule has 1 aromatic rings. The number of amides is 1. The second kappa shape index (κ2) is 5.87. The maximum absolute atomic E-state index is 14.3. The molecule has 0 bridgehead atoms. The Kier molecular flexibility index (Phi) is 3.94. The van der Waals surface area contributed by atoms with Gasteiger partial charge in [0.2, 0.25) is 0 Å². The fourth-order valence-electron chi connectivity index (χ4n) is 2.40. The molecule has 114 valence electrons. The molecule has 0 spiro atoms. The summed E-state index contributed by atoms with van der Waals surface area (Å²) < 4.78 is 24.6. The lowest BCUT2D eigenvalue weighted by Gasteiger charge is -2.29. The standard InChI is InChI=1S/C14H17FN2O4/c15-12-7-10(17(14(18)19)8-11-9-21-11)1-2-13(12)16-3-5-20-6-4-16/h1-2,7,11H,3-6,8-9H2,(H,18,19). The Morgan fingerprint density at radius 3 is 2.71 bits per heavy atom. The van der Waals surface area contributed by atoms with E-state index in [9.17, 15) is 14.3 Å². The summed E-state index contributed by atoms with van der Waals surface area (Å²) in [5, 5.41) is 9.23. The van der Waals surface area contributed by atoms with Crippen molar-refractivity contribution in [2.45, 2.75) is 6.10 Å². The summed E-state index contributed by atoms with van der Waals surface area (Å²) >= 11 is 0. The molecule has 1 atom stereocenters. The van der Waals surface area contributed by atoms with E-state index in [2.05, 4.69) is 0 Å². The molecule has 2 aliphatic heterocycles. The third-order valence-corrected chi connectivity index (χ3v) is 3.61. The normalized spacial score (nSPS) is 21.2. The molecule has 7 heteroatoms. The van der Waals surface area contributed by atoms with Gasteiger partial charge in [0, 0.05) is 13.1 Å². The molecule has 2 fully saturated rings. The first-order valence-electron chi connectivity index (χ1n) is 6.89. The van der Waals surface area contributed by atoms with Gasteiger partial charge in [-0.15, -0.1) is 0 Å². The van der Waals surface area contributed by atoms with Gasteiger partial charge in [-0.1, -0.05) is 0 Å². The number of hydrogen-bond donors (Lipinski definition) is 1. The molecule has 0 aliphatic carbocycles. The Bertz CT molecular complexity index is 530. The topological polar surface area (TPSA) is 65.5 Å². The number of nitrogens with zero attached hydrogens (tertiary/aromatic N) is 2. The lowest BCUT2D eigenvalue weighted by Crippen LogP contribution is -2.37. The average molecular weight is 296 g/mol. The van der Waals surface area contributed by atoms with Crippen LogP contribution in [0.1, 0.15) is 0 Å². The van der Waals surface area contributed by atoms with Gasteiger partial charge in [0.05, 0.1) is 43.8 Å². The third kappa shape index (κ3) is 3.25. The van der Waals surface area contributed by atoms with Crippen molar-refractivity contribution in [3.63, 3.8) is 0 Å². The van der Waals surface area contributed by atoms with Crippen LogP contribution in [-0.4, -0.2) is 56.8 Å². The van der Waals surface area contributed by atoms with Gasteiger partial charge in [-0.05, 0) is 18.2 Å². The zero-order valence-corrected chi connectivity index (χ0v) is 11.5. The molecule has 0 radical (unpaired) electrons. The van der Waals surface area contributed by atoms with Crippen LogP contribution >= 0.6 is 0 Å². The Balaban J connectivity index is 1.79. The summed E-state index contributed by atoms with van der Waals surface area (Å²) in [6.45, 7) is 3.19. The van der Waals surface area contributed by atoms with Crippen LogP contribution in [0.2, 0.25) is 0 Å². The summed E-state index contributed by atoms with van der Waals surface area (Å²) in [7, 11) is 0. The summed E-state index contributed by atoms with van der Waals surface area (Å²) in [5.41, 5.74) is 0.808. The molecule has 2 heterocycles. The van der Waals surface area contributed by atoms with Gasteiger partial charge in [-0.2, -0.15) is 0 Å². The number of hydrogen-bond acceptors (Lipinski definition) is 4. The van der Waals surface area contributed by atoms with E-state index in [1.165, 1.54) is 6.07 Å². The molecular formula is C14H17FN2O4. The van der Waals surface area contributed by atoms with Crippen LogP contribution in [0.15, 0.2) is 18.2 Å². The molecule has 21 heavy (non-hydrogen) atoms. The predicted octanol–water partition coefficient (Wildman–Crippen LogP) is 1.55. The molecule has 1 unspecified atom stereocenters. The number of ether oxygens (including phenoxy) is 2. The van der Waals surface area contributed by atoms with Crippen molar-refractivity contribution in [3.05, 3.63) is 24.0 Å². The van der Waals surface area contributed by atoms with Crippen LogP contribution < -0.4 is 9.80 Å². The number of epoxide rings is 1. The highest BCUT2D eigenvalue weighted by Crippen LogP contribution is 2.27. The first-order valence-corrected chi connectivity index (χ1v) is 6.89. The van der Waals surface area contributed by atoms with Crippen molar-refractivity contribution >= 4 is 17.5 Å². The lowest BCUT2D eigenvalue weighted by molar-refractivity contribution is 0.122. The minimum atomic E-state index is -1.11. The Hall–Kier alpha value is -1.86. The molecule has 3 rings (SSSR count). The van der Waals surface area contributed by atoms with Crippen LogP contribution in [0.25, 0.3) is 0 Å². The quantitative estimate of drug-likeness (QED) is 0.854. The second-order valence-electron chi connectivity index (χ2n) is 5.08. The van der Waals surface area contributed by atoms with Crippen molar-refractivity contribution in [2.24, 2.45) is 0 Å². The second-order valence-corrected chi connectivity index (χ2v) is 5.08. The van der Waals surface area contributed by atoms with E-state index in [-0.39, 0.29) is 12.6 Å². The minimum absolute atomic E-state index is 0.0805. The molecule has 0 saturated carbocycles. The number of rotatable bonds is 4. The third-order valence-electron chi connectivity index (χ3n) is 3.61. The van der Waals surface area contributed by atoms with E-state index >= 15 is 0 Å². The van der Waals surface area contributed by atoms with Crippen molar-refractivity contribution in [2.75, 3.05) is 49.3 Å². The number of carbonyl (C=O) groups is 1. The van der Waals surface area contributed by atoms with Gasteiger partial charge >= 0.3 is 6.09 Å². The smallest absolute Gasteiger partial charge is 0.411 e. The highest BCUT2D eigenvalue weighted by atomic mass is 19.1. The Morgan fingerprint density at radius 1 is 1.43 bits per heavy atom. The highest BCUT2D eigenvalue weighted by Gasteiger charge is 2.29. The molecule has 1 amide bonds. The van der Waals surface area contributed by atoms with Crippen LogP contribution in [0.4, 0.5) is 20.6 Å². The van der Waals surface area contributed by atoms with Crippen LogP contribution in [0.5, 0.6) is 0 Å². The monoisotopic (exact) mass is 296 g/mol. The fourth-order valence-corrected chi connectivity index (χ4v) is 2.40. The molecular weight excluding hydrogens is 279 g/mol. The molecule has 0 aromatic heterocycles. The van der Waals surface area contributed by atoms with E-state index in [4.69, 9.17) is 9.47 Å². The van der Waals surface area contributed by atoms with E-state index in [0.29, 0.717) is 44.3 Å². The lowest BCUT2D eigenvalue weighted by atomic mass is 10.2. The van der Waals surface area contributed by atoms with Gasteiger partial charge in [0.1, 0.15) is 5.82 Å². The van der Waals surface area contributed by atoms with Crippen LogP contribution in [-0.2, 0) is 9.47 Å². The maximum Gasteiger partial charge on any atom is 0.411 e. The number of carboxylic acid groups (broad SMARTS) is 1. The molecule has 1 aromatic carbocycles. The predicted molar refractivity (Wildman–Crippen MR) is 74.5 cm³/mol. The fraction of sp³-hybridized carbons (Fsp3) is 0.500. The number of morpholine rings is 1. The van der Waals surface area contributed by atoms with Crippen molar-refractivity contribution in [3.8, 4) is 0 Å². The summed E-state index contributed by atoms with van der Waals surface area (Å²) in [5.74, 6) is -0.419. The van der Waals surface area contributed by atoms with Gasteiger partial charge in [-0.25, -0.2) is 9.18 Å². The van der Waals surface area contributed by atoms with E-state index in [1.807, 2.05) is 4.90 Å². The summed E-state index contributed by atoms with van der Waals surface area (Å²) in [6.07, 6.45) is -1.19. The highest BCUT2D eigenvalue weighted by molar-refractivity contribution is 5.86. The largest absolute Gasteiger partial charge is 0.465 e. The van der Waals surface area contributed by atoms with Gasteiger partial charge in [-0.3, -0.25) is 4.90 Å². The number of anilines is 2. The molecule has 6 nitrogen and oxygen atoms in total. The number of halogens is 1. The molecule has 2 aliphatic rings. The van der Waals surface area contributed by atoms with Gasteiger partial charge < -0.3 is 19.5 Å². The van der Waals surface area contributed by atoms with Crippen molar-refractivity contribution in [1.29, 1.82) is 0 Å². The van der Waals surface area contributed by atoms with Crippen LogP contribution in [0, 0.1) is 5.82 Å².